The molecule has 2 aromatic heterocycles. The van der Waals surface area contributed by atoms with Gasteiger partial charge >= 0.3 is 6.03 Å². The summed E-state index contributed by atoms with van der Waals surface area (Å²) in [6, 6.07) is 17.0. The van der Waals surface area contributed by atoms with Crippen LogP contribution in [-0.2, 0) is 17.9 Å². The molecule has 0 saturated carbocycles. The van der Waals surface area contributed by atoms with E-state index in [0.717, 1.165) is 0 Å². The molecular weight excluding hydrogens is 410 g/mol. The third kappa shape index (κ3) is 5.20. The van der Waals surface area contributed by atoms with Crippen LogP contribution in [0.3, 0.4) is 0 Å². The highest BCUT2D eigenvalue weighted by atomic mass is 16.3. The molecule has 2 heterocycles. The lowest BCUT2D eigenvalue weighted by Gasteiger charge is -2.09. The van der Waals surface area contributed by atoms with Crippen LogP contribution < -0.4 is 21.5 Å². The van der Waals surface area contributed by atoms with E-state index in [1.807, 2.05) is 6.07 Å². The van der Waals surface area contributed by atoms with Gasteiger partial charge in [-0.25, -0.2) is 9.78 Å². The molecule has 32 heavy (non-hydrogen) atoms. The topological polar surface area (TPSA) is 118 Å². The first-order valence-electron chi connectivity index (χ1n) is 10.00. The number of aryl methyl sites for hydroxylation is 1. The molecule has 3 amide bonds. The highest BCUT2D eigenvalue weighted by Crippen LogP contribution is 2.14. The van der Waals surface area contributed by atoms with Crippen LogP contribution in [0.25, 0.3) is 10.9 Å². The fourth-order valence-electron chi connectivity index (χ4n) is 3.10. The first-order valence-corrected chi connectivity index (χ1v) is 10.00. The van der Waals surface area contributed by atoms with Crippen LogP contribution in [0.15, 0.2) is 82.5 Å². The molecule has 3 N–H and O–H groups in total. The molecule has 0 atom stereocenters. The van der Waals surface area contributed by atoms with Crippen molar-refractivity contribution in [3.8, 4) is 0 Å². The normalized spacial score (nSPS) is 10.6. The highest BCUT2D eigenvalue weighted by Gasteiger charge is 2.08. The Labute approximate surface area is 183 Å². The van der Waals surface area contributed by atoms with Crippen LogP contribution in [0.1, 0.15) is 12.2 Å². The van der Waals surface area contributed by atoms with Crippen molar-refractivity contribution in [2.75, 3.05) is 10.6 Å². The molecule has 9 heteroatoms. The van der Waals surface area contributed by atoms with Gasteiger partial charge in [-0.3, -0.25) is 14.2 Å². The van der Waals surface area contributed by atoms with Crippen molar-refractivity contribution in [3.63, 3.8) is 0 Å². The van der Waals surface area contributed by atoms with Gasteiger partial charge in [0, 0.05) is 24.3 Å². The highest BCUT2D eigenvalue weighted by molar-refractivity contribution is 5.92. The molecule has 0 radical (unpaired) electrons. The van der Waals surface area contributed by atoms with E-state index in [4.69, 9.17) is 4.42 Å². The Morgan fingerprint density at radius 2 is 1.69 bits per heavy atom. The Morgan fingerprint density at radius 1 is 0.938 bits per heavy atom. The summed E-state index contributed by atoms with van der Waals surface area (Å²) in [5.74, 6) is 0.418. The van der Waals surface area contributed by atoms with Crippen molar-refractivity contribution in [3.05, 3.63) is 89.4 Å². The number of furan rings is 1. The number of carbonyl (C=O) groups excluding carboxylic acids is 2. The number of hydrogen-bond donors (Lipinski definition) is 3. The maximum atomic E-state index is 12.5. The Bertz CT molecular complexity index is 1280. The van der Waals surface area contributed by atoms with Gasteiger partial charge in [0.1, 0.15) is 5.76 Å². The monoisotopic (exact) mass is 431 g/mol. The molecule has 0 aliphatic heterocycles. The van der Waals surface area contributed by atoms with E-state index < -0.39 is 0 Å². The zero-order valence-corrected chi connectivity index (χ0v) is 17.1. The number of para-hydroxylation sites is 1. The van der Waals surface area contributed by atoms with Crippen LogP contribution in [-0.4, -0.2) is 21.5 Å². The van der Waals surface area contributed by atoms with Crippen molar-refractivity contribution in [1.82, 2.24) is 14.9 Å². The predicted molar refractivity (Wildman–Crippen MR) is 120 cm³/mol. The average Bonchev–Trinajstić information content (AvgIpc) is 3.33. The summed E-state index contributed by atoms with van der Waals surface area (Å²) in [5, 5.41) is 8.68. The smallest absolute Gasteiger partial charge is 0.319 e. The number of amides is 3. The molecule has 0 aliphatic carbocycles. The van der Waals surface area contributed by atoms with Gasteiger partial charge in [0.15, 0.2) is 0 Å². The van der Waals surface area contributed by atoms with Crippen molar-refractivity contribution in [1.29, 1.82) is 0 Å². The van der Waals surface area contributed by atoms with Gasteiger partial charge in [-0.1, -0.05) is 12.1 Å². The van der Waals surface area contributed by atoms with Gasteiger partial charge in [0.25, 0.3) is 5.56 Å². The number of urea groups is 1. The van der Waals surface area contributed by atoms with Crippen molar-refractivity contribution in [2.24, 2.45) is 0 Å². The van der Waals surface area contributed by atoms with Gasteiger partial charge in [0.05, 0.1) is 30.0 Å². The van der Waals surface area contributed by atoms with Gasteiger partial charge in [-0.2, -0.15) is 0 Å². The molecular formula is C23H21N5O4. The van der Waals surface area contributed by atoms with Crippen LogP contribution >= 0.6 is 0 Å². The van der Waals surface area contributed by atoms with Crippen molar-refractivity contribution < 1.29 is 14.0 Å². The molecule has 9 nitrogen and oxygen atoms in total. The number of hydrogen-bond acceptors (Lipinski definition) is 5. The largest absolute Gasteiger partial charge is 0.467 e. The fraction of sp³-hybridized carbons (Fsp3) is 0.130. The lowest BCUT2D eigenvalue weighted by Crippen LogP contribution is -2.28. The van der Waals surface area contributed by atoms with Crippen LogP contribution in [0, 0.1) is 0 Å². The average molecular weight is 431 g/mol. The maximum Gasteiger partial charge on any atom is 0.319 e. The quantitative estimate of drug-likeness (QED) is 0.415. The first kappa shape index (κ1) is 20.9. The molecule has 0 spiro atoms. The number of fused-ring (bicyclic) bond motifs is 1. The lowest BCUT2D eigenvalue weighted by atomic mass is 10.2. The van der Waals surface area contributed by atoms with E-state index in [9.17, 15) is 14.4 Å². The fourth-order valence-corrected chi connectivity index (χ4v) is 3.10. The third-order valence-electron chi connectivity index (χ3n) is 4.74. The first-order chi connectivity index (χ1) is 15.6. The minimum absolute atomic E-state index is 0.120. The van der Waals surface area contributed by atoms with E-state index in [1.54, 1.807) is 60.9 Å². The second-order valence-corrected chi connectivity index (χ2v) is 7.02. The second-order valence-electron chi connectivity index (χ2n) is 7.02. The van der Waals surface area contributed by atoms with E-state index in [-0.39, 0.29) is 37.0 Å². The molecule has 0 fully saturated rings. The zero-order valence-electron chi connectivity index (χ0n) is 17.1. The number of rotatable bonds is 7. The molecule has 0 aliphatic rings. The molecule has 2 aromatic carbocycles. The standard InChI is InChI=1S/C23H21N5O4/c29-21(11-12-28-15-25-20-6-2-1-5-19(20)22(28)30)26-16-7-9-17(10-8-16)27-23(31)24-14-18-4-3-13-32-18/h1-10,13,15H,11-12,14H2,(H,26,29)(H2,24,27,31). The number of aromatic nitrogens is 2. The molecule has 4 rings (SSSR count). The third-order valence-corrected chi connectivity index (χ3v) is 4.74. The Balaban J connectivity index is 1.27. The molecule has 0 unspecified atom stereocenters. The summed E-state index contributed by atoms with van der Waals surface area (Å²) >= 11 is 0. The Kier molecular flexibility index (Phi) is 6.26. The minimum Gasteiger partial charge on any atom is -0.467 e. The summed E-state index contributed by atoms with van der Waals surface area (Å²) in [6.45, 7) is 0.501. The molecule has 162 valence electrons. The van der Waals surface area contributed by atoms with E-state index in [0.29, 0.717) is 28.0 Å². The summed E-state index contributed by atoms with van der Waals surface area (Å²) < 4.78 is 6.58. The van der Waals surface area contributed by atoms with Crippen LogP contribution in [0.4, 0.5) is 16.2 Å². The van der Waals surface area contributed by atoms with Gasteiger partial charge in [0.2, 0.25) is 5.91 Å². The molecule has 0 saturated heterocycles. The Morgan fingerprint density at radius 3 is 2.44 bits per heavy atom. The second kappa shape index (κ2) is 9.61. The SMILES string of the molecule is O=C(CCn1cnc2ccccc2c1=O)Nc1ccc(NC(=O)NCc2ccco2)cc1. The number of benzene rings is 2. The number of carbonyl (C=O) groups is 2. The summed E-state index contributed by atoms with van der Waals surface area (Å²) in [7, 11) is 0. The summed E-state index contributed by atoms with van der Waals surface area (Å²) in [6.07, 6.45) is 3.11. The summed E-state index contributed by atoms with van der Waals surface area (Å²) in [4.78, 5) is 41.0. The van der Waals surface area contributed by atoms with Gasteiger partial charge in [-0.05, 0) is 48.5 Å². The molecule has 4 aromatic rings. The van der Waals surface area contributed by atoms with E-state index in [1.165, 1.54) is 10.9 Å². The lowest BCUT2D eigenvalue weighted by molar-refractivity contribution is -0.116. The van der Waals surface area contributed by atoms with E-state index in [2.05, 4.69) is 20.9 Å². The van der Waals surface area contributed by atoms with Crippen LogP contribution in [0.5, 0.6) is 0 Å². The predicted octanol–water partition coefficient (Wildman–Crippen LogP) is 3.34. The van der Waals surface area contributed by atoms with Gasteiger partial charge < -0.3 is 20.4 Å². The zero-order chi connectivity index (χ0) is 22.3. The maximum absolute atomic E-state index is 12.5. The van der Waals surface area contributed by atoms with Crippen molar-refractivity contribution in [2.45, 2.75) is 19.5 Å². The van der Waals surface area contributed by atoms with E-state index >= 15 is 0 Å². The summed E-state index contributed by atoms with van der Waals surface area (Å²) in [5.41, 5.74) is 1.61. The molecule has 0 bridgehead atoms. The van der Waals surface area contributed by atoms with Gasteiger partial charge in [-0.15, -0.1) is 0 Å². The van der Waals surface area contributed by atoms with Crippen molar-refractivity contribution >= 4 is 34.2 Å². The number of nitrogens with zero attached hydrogens (tertiary/aromatic N) is 2. The van der Waals surface area contributed by atoms with Crippen LogP contribution in [0.2, 0.25) is 0 Å². The number of nitrogens with one attached hydrogen (secondary N) is 3. The Hall–Kier alpha value is -4.40. The number of anilines is 2. The minimum atomic E-state index is -0.368.